The van der Waals surface area contributed by atoms with E-state index in [4.69, 9.17) is 10.1 Å². The van der Waals surface area contributed by atoms with Crippen molar-refractivity contribution in [2.24, 2.45) is 0 Å². The number of hydrogen-bond donors (Lipinski definition) is 1. The number of fused-ring (bicyclic) bond motifs is 1. The fourth-order valence-electron chi connectivity index (χ4n) is 4.11. The highest BCUT2D eigenvalue weighted by Gasteiger charge is 2.26. The van der Waals surface area contributed by atoms with Crippen LogP contribution in [-0.2, 0) is 19.3 Å². The fourth-order valence-corrected chi connectivity index (χ4v) is 4.11. The monoisotopic (exact) mass is 342 g/mol. The summed E-state index contributed by atoms with van der Waals surface area (Å²) in [6.07, 6.45) is 7.88. The molecule has 2 aliphatic rings. The number of unbranched alkanes of at least 4 members (excludes halogenated alkanes) is 1. The predicted octanol–water partition coefficient (Wildman–Crippen LogP) is 2.29. The van der Waals surface area contributed by atoms with Crippen LogP contribution in [0.2, 0.25) is 0 Å². The van der Waals surface area contributed by atoms with Gasteiger partial charge in [-0.2, -0.15) is 5.26 Å². The lowest BCUT2D eigenvalue weighted by atomic mass is 9.86. The molecule has 5 heteroatoms. The molecular weight excluding hydrogens is 312 g/mol. The third-order valence-corrected chi connectivity index (χ3v) is 5.55. The summed E-state index contributed by atoms with van der Waals surface area (Å²) in [5.41, 5.74) is 4.72. The average molecular weight is 342 g/mol. The topological polar surface area (TPSA) is 63.4 Å². The summed E-state index contributed by atoms with van der Waals surface area (Å²) in [7, 11) is 0. The second kappa shape index (κ2) is 8.64. The Balaban J connectivity index is 1.91. The van der Waals surface area contributed by atoms with E-state index in [2.05, 4.69) is 22.8 Å². The van der Waals surface area contributed by atoms with Gasteiger partial charge in [0.1, 0.15) is 11.9 Å². The van der Waals surface area contributed by atoms with Gasteiger partial charge in [0.15, 0.2) is 0 Å². The maximum absolute atomic E-state index is 9.85. The maximum atomic E-state index is 9.85. The highest BCUT2D eigenvalue weighted by atomic mass is 16.3. The molecule has 5 nitrogen and oxygen atoms in total. The third kappa shape index (κ3) is 3.96. The zero-order chi connectivity index (χ0) is 17.6. The van der Waals surface area contributed by atoms with E-state index in [0.29, 0.717) is 0 Å². The number of nitriles is 1. The number of piperazine rings is 1. The van der Waals surface area contributed by atoms with E-state index in [9.17, 15) is 5.26 Å². The first-order valence-corrected chi connectivity index (χ1v) is 9.81. The lowest BCUT2D eigenvalue weighted by molar-refractivity contribution is 0.188. The molecule has 1 aliphatic carbocycles. The molecule has 0 bridgehead atoms. The first-order chi connectivity index (χ1) is 12.3. The van der Waals surface area contributed by atoms with Crippen molar-refractivity contribution in [1.29, 1.82) is 5.26 Å². The predicted molar refractivity (Wildman–Crippen MR) is 99.9 cm³/mol. The summed E-state index contributed by atoms with van der Waals surface area (Å²) in [5.74, 6) is 0.915. The Labute approximate surface area is 151 Å². The Kier molecular flexibility index (Phi) is 6.28. The van der Waals surface area contributed by atoms with Gasteiger partial charge in [-0.1, -0.05) is 13.3 Å². The molecular formula is C20H30N4O. The number of pyridine rings is 1. The summed E-state index contributed by atoms with van der Waals surface area (Å²) in [5, 5.41) is 19.0. The number of hydrogen-bond acceptors (Lipinski definition) is 5. The van der Waals surface area contributed by atoms with E-state index in [1.54, 1.807) is 0 Å². The van der Waals surface area contributed by atoms with Gasteiger partial charge in [-0.15, -0.1) is 0 Å². The van der Waals surface area contributed by atoms with Crippen molar-refractivity contribution in [2.75, 3.05) is 44.2 Å². The van der Waals surface area contributed by atoms with Crippen LogP contribution in [0.15, 0.2) is 0 Å². The molecule has 0 amide bonds. The van der Waals surface area contributed by atoms with Crippen LogP contribution in [0.4, 0.5) is 5.82 Å². The van der Waals surface area contributed by atoms with E-state index >= 15 is 0 Å². The van der Waals surface area contributed by atoms with Crippen molar-refractivity contribution in [2.45, 2.75) is 51.9 Å². The Morgan fingerprint density at radius 3 is 2.48 bits per heavy atom. The largest absolute Gasteiger partial charge is 0.395 e. The third-order valence-electron chi connectivity index (χ3n) is 5.55. The Hall–Kier alpha value is -1.64. The number of aryl methyl sites for hydroxylation is 1. The van der Waals surface area contributed by atoms with Crippen LogP contribution in [0.25, 0.3) is 0 Å². The van der Waals surface area contributed by atoms with Gasteiger partial charge in [0.25, 0.3) is 0 Å². The highest BCUT2D eigenvalue weighted by Crippen LogP contribution is 2.33. The van der Waals surface area contributed by atoms with Crippen molar-refractivity contribution in [3.63, 3.8) is 0 Å². The molecule has 1 saturated heterocycles. The SMILES string of the molecule is CCCCc1nc(N2CCN(CCO)CC2)c(C#N)c2c1CCCC2. The molecule has 1 aliphatic heterocycles. The van der Waals surface area contributed by atoms with Crippen molar-refractivity contribution < 1.29 is 5.11 Å². The molecule has 1 fully saturated rings. The van der Waals surface area contributed by atoms with Crippen LogP contribution >= 0.6 is 0 Å². The quantitative estimate of drug-likeness (QED) is 0.859. The molecule has 136 valence electrons. The number of β-amino-alcohol motifs (C(OH)–C–C–N with tert-alkyl or cyclic N) is 1. The minimum Gasteiger partial charge on any atom is -0.395 e. The lowest BCUT2D eigenvalue weighted by Gasteiger charge is -2.36. The van der Waals surface area contributed by atoms with Gasteiger partial charge in [-0.05, 0) is 49.7 Å². The van der Waals surface area contributed by atoms with Gasteiger partial charge >= 0.3 is 0 Å². The summed E-state index contributed by atoms with van der Waals surface area (Å²) >= 11 is 0. The number of aliphatic hydroxyl groups is 1. The zero-order valence-corrected chi connectivity index (χ0v) is 15.4. The van der Waals surface area contributed by atoms with E-state index in [0.717, 1.165) is 69.8 Å². The minimum atomic E-state index is 0.210. The van der Waals surface area contributed by atoms with Gasteiger partial charge in [-0.3, -0.25) is 4.90 Å². The summed E-state index contributed by atoms with van der Waals surface area (Å²) in [4.78, 5) is 9.59. The number of aromatic nitrogens is 1. The second-order valence-corrected chi connectivity index (χ2v) is 7.19. The molecule has 3 rings (SSSR count). The van der Waals surface area contributed by atoms with Crippen LogP contribution in [0.1, 0.15) is 55.0 Å². The number of nitrogens with zero attached hydrogens (tertiary/aromatic N) is 4. The van der Waals surface area contributed by atoms with Crippen molar-refractivity contribution in [3.05, 3.63) is 22.4 Å². The molecule has 1 N–H and O–H groups in total. The standard InChI is InChI=1S/C20H30N4O/c1-2-3-8-19-17-7-5-4-6-16(17)18(15-21)20(22-19)24-11-9-23(10-12-24)13-14-25/h25H,2-14H2,1H3. The molecule has 0 spiro atoms. The smallest absolute Gasteiger partial charge is 0.147 e. The molecule has 2 heterocycles. The first kappa shape index (κ1) is 18.2. The van der Waals surface area contributed by atoms with Crippen LogP contribution in [0, 0.1) is 11.3 Å². The molecule has 1 aromatic rings. The maximum Gasteiger partial charge on any atom is 0.147 e. The second-order valence-electron chi connectivity index (χ2n) is 7.19. The molecule has 0 atom stereocenters. The van der Waals surface area contributed by atoms with Crippen LogP contribution in [-0.4, -0.2) is 54.3 Å². The zero-order valence-electron chi connectivity index (χ0n) is 15.4. The highest BCUT2D eigenvalue weighted by molar-refractivity contribution is 5.62. The number of rotatable bonds is 6. The molecule has 0 saturated carbocycles. The van der Waals surface area contributed by atoms with Gasteiger partial charge in [0.05, 0.1) is 12.2 Å². The van der Waals surface area contributed by atoms with Gasteiger partial charge in [0.2, 0.25) is 0 Å². The fraction of sp³-hybridized carbons (Fsp3) is 0.700. The van der Waals surface area contributed by atoms with Crippen LogP contribution < -0.4 is 4.90 Å². The Morgan fingerprint density at radius 2 is 1.84 bits per heavy atom. The van der Waals surface area contributed by atoms with Crippen molar-refractivity contribution in [3.8, 4) is 6.07 Å². The van der Waals surface area contributed by atoms with Gasteiger partial charge < -0.3 is 10.0 Å². The van der Waals surface area contributed by atoms with E-state index in [-0.39, 0.29) is 6.61 Å². The molecule has 1 aromatic heterocycles. The number of aliphatic hydroxyl groups excluding tert-OH is 1. The van der Waals surface area contributed by atoms with E-state index in [1.165, 1.54) is 36.1 Å². The van der Waals surface area contributed by atoms with Crippen LogP contribution in [0.5, 0.6) is 0 Å². The van der Waals surface area contributed by atoms with Crippen LogP contribution in [0.3, 0.4) is 0 Å². The molecule has 0 radical (unpaired) electrons. The molecule has 0 unspecified atom stereocenters. The van der Waals surface area contributed by atoms with Crippen molar-refractivity contribution >= 4 is 5.82 Å². The minimum absolute atomic E-state index is 0.210. The molecule has 0 aromatic carbocycles. The Bertz CT molecular complexity index is 630. The normalized spacial score (nSPS) is 18.0. The lowest BCUT2D eigenvalue weighted by Crippen LogP contribution is -2.47. The van der Waals surface area contributed by atoms with Crippen molar-refractivity contribution in [1.82, 2.24) is 9.88 Å². The molecule has 25 heavy (non-hydrogen) atoms. The summed E-state index contributed by atoms with van der Waals surface area (Å²) in [6.45, 7) is 6.78. The summed E-state index contributed by atoms with van der Waals surface area (Å²) < 4.78 is 0. The van der Waals surface area contributed by atoms with E-state index < -0.39 is 0 Å². The first-order valence-electron chi connectivity index (χ1n) is 9.81. The number of anilines is 1. The van der Waals surface area contributed by atoms with E-state index in [1.807, 2.05) is 0 Å². The van der Waals surface area contributed by atoms with Gasteiger partial charge in [-0.25, -0.2) is 4.98 Å². The average Bonchev–Trinajstić information content (AvgIpc) is 2.66. The Morgan fingerprint density at radius 1 is 1.12 bits per heavy atom. The summed E-state index contributed by atoms with van der Waals surface area (Å²) in [6, 6.07) is 2.48. The van der Waals surface area contributed by atoms with Gasteiger partial charge in [0, 0.05) is 38.4 Å².